The molecule has 1 amide bonds. The van der Waals surface area contributed by atoms with Gasteiger partial charge in [0.15, 0.2) is 6.61 Å². The summed E-state index contributed by atoms with van der Waals surface area (Å²) in [5.41, 5.74) is 1.47. The van der Waals surface area contributed by atoms with Crippen LogP contribution in [0.4, 0.5) is 0 Å². The molecular weight excluding hydrogens is 320 g/mol. The topological polar surface area (TPSA) is 86.1 Å². The fraction of sp³-hybridized carbons (Fsp3) is 0.556. The number of benzene rings is 1. The minimum Gasteiger partial charge on any atom is -0.454 e. The van der Waals surface area contributed by atoms with Gasteiger partial charge >= 0.3 is 5.97 Å². The molecule has 0 aliphatic heterocycles. The van der Waals surface area contributed by atoms with Crippen LogP contribution in [0.15, 0.2) is 24.3 Å². The maximum atomic E-state index is 12.1. The van der Waals surface area contributed by atoms with E-state index in [1.54, 1.807) is 0 Å². The molecule has 0 saturated heterocycles. The molecule has 1 aliphatic carbocycles. The van der Waals surface area contributed by atoms with E-state index >= 15 is 0 Å². The third-order valence-corrected chi connectivity index (χ3v) is 5.12. The average molecular weight is 344 g/mol. The van der Waals surface area contributed by atoms with Gasteiger partial charge in [0.2, 0.25) is 0 Å². The number of hydrogen-bond acceptors (Lipinski definition) is 5. The van der Waals surface area contributed by atoms with E-state index in [1.165, 1.54) is 11.1 Å². The Morgan fingerprint density at radius 3 is 2.92 bits per heavy atom. The van der Waals surface area contributed by atoms with Gasteiger partial charge in [-0.25, -0.2) is 4.68 Å². The van der Waals surface area contributed by atoms with Crippen LogP contribution in [0.1, 0.15) is 33.1 Å². The Morgan fingerprint density at radius 1 is 1.28 bits per heavy atom. The van der Waals surface area contributed by atoms with Crippen LogP contribution in [-0.2, 0) is 20.9 Å². The summed E-state index contributed by atoms with van der Waals surface area (Å²) in [6.45, 7) is 4.05. The molecular formula is C18H24N4O3. The van der Waals surface area contributed by atoms with Crippen LogP contribution >= 0.6 is 0 Å². The number of hydrogen-bond donors (Lipinski definition) is 1. The quantitative estimate of drug-likeness (QED) is 0.838. The first kappa shape index (κ1) is 17.4. The van der Waals surface area contributed by atoms with Gasteiger partial charge in [-0.1, -0.05) is 44.0 Å². The predicted molar refractivity (Wildman–Crippen MR) is 92.6 cm³/mol. The number of amides is 1. The number of carbonyl (C=O) groups is 2. The van der Waals surface area contributed by atoms with E-state index in [4.69, 9.17) is 4.74 Å². The zero-order valence-electron chi connectivity index (χ0n) is 14.6. The van der Waals surface area contributed by atoms with Crippen molar-refractivity contribution in [3.8, 4) is 0 Å². The van der Waals surface area contributed by atoms with E-state index in [0.717, 1.165) is 18.4 Å². The fourth-order valence-electron chi connectivity index (χ4n) is 3.38. The Bertz CT molecular complexity index is 758. The molecule has 7 nitrogen and oxygen atoms in total. The Hall–Kier alpha value is -2.44. The molecule has 3 atom stereocenters. The van der Waals surface area contributed by atoms with Crippen LogP contribution in [0.3, 0.4) is 0 Å². The second-order valence-corrected chi connectivity index (χ2v) is 6.84. The number of aromatic nitrogens is 3. The number of nitrogens with zero attached hydrogens (tertiary/aromatic N) is 3. The normalized spacial score (nSPS) is 23.4. The van der Waals surface area contributed by atoms with Gasteiger partial charge in [0.1, 0.15) is 12.1 Å². The van der Waals surface area contributed by atoms with Gasteiger partial charge in [-0.05, 0) is 30.4 Å². The summed E-state index contributed by atoms with van der Waals surface area (Å²) >= 11 is 0. The number of nitrogens with one attached hydrogen (secondary N) is 1. The lowest BCUT2D eigenvalue weighted by atomic mass is 9.78. The van der Waals surface area contributed by atoms with E-state index in [-0.39, 0.29) is 25.1 Å². The smallest absolute Gasteiger partial charge is 0.328 e. The van der Waals surface area contributed by atoms with E-state index in [9.17, 15) is 9.59 Å². The Balaban J connectivity index is 1.48. The number of ether oxygens (including phenoxy) is 1. The molecule has 0 bridgehead atoms. The number of esters is 1. The van der Waals surface area contributed by atoms with Gasteiger partial charge in [-0.3, -0.25) is 9.59 Å². The minimum atomic E-state index is -0.504. The number of rotatable bonds is 5. The van der Waals surface area contributed by atoms with Gasteiger partial charge in [0.05, 0.1) is 5.52 Å². The van der Waals surface area contributed by atoms with E-state index in [2.05, 4.69) is 29.5 Å². The van der Waals surface area contributed by atoms with Crippen molar-refractivity contribution in [2.24, 2.45) is 11.8 Å². The van der Waals surface area contributed by atoms with E-state index in [1.807, 2.05) is 24.3 Å². The Labute approximate surface area is 146 Å². The number of para-hydroxylation sites is 1. The third-order valence-electron chi connectivity index (χ3n) is 5.12. The largest absolute Gasteiger partial charge is 0.454 e. The van der Waals surface area contributed by atoms with Crippen LogP contribution in [0, 0.1) is 11.8 Å². The summed E-state index contributed by atoms with van der Waals surface area (Å²) < 4.78 is 6.56. The second-order valence-electron chi connectivity index (χ2n) is 6.84. The highest BCUT2D eigenvalue weighted by molar-refractivity contribution is 5.81. The Kier molecular flexibility index (Phi) is 5.31. The van der Waals surface area contributed by atoms with Gasteiger partial charge in [0, 0.05) is 6.04 Å². The second kappa shape index (κ2) is 7.63. The van der Waals surface area contributed by atoms with Gasteiger partial charge in [0.25, 0.3) is 5.91 Å². The summed E-state index contributed by atoms with van der Waals surface area (Å²) in [7, 11) is 0. The maximum absolute atomic E-state index is 12.1. The first-order valence-corrected chi connectivity index (χ1v) is 8.78. The summed E-state index contributed by atoms with van der Waals surface area (Å²) in [5.74, 6) is 0.288. The SMILES string of the molecule is CC1CCCC(NC(=O)COC(=O)Cn2nnc3ccccc32)C1C. The number of fused-ring (bicyclic) bond motifs is 1. The average Bonchev–Trinajstić information content (AvgIpc) is 3.00. The molecule has 25 heavy (non-hydrogen) atoms. The molecule has 7 heteroatoms. The van der Waals surface area contributed by atoms with Crippen LogP contribution in [-0.4, -0.2) is 39.5 Å². The minimum absolute atomic E-state index is 0.0648. The molecule has 0 spiro atoms. The van der Waals surface area contributed by atoms with Crippen molar-refractivity contribution in [2.75, 3.05) is 6.61 Å². The summed E-state index contributed by atoms with van der Waals surface area (Å²) in [6, 6.07) is 7.53. The molecule has 1 aliphatic rings. The highest BCUT2D eigenvalue weighted by atomic mass is 16.5. The number of carbonyl (C=O) groups excluding carboxylic acids is 2. The first-order valence-electron chi connectivity index (χ1n) is 8.78. The molecule has 1 aromatic carbocycles. The highest BCUT2D eigenvalue weighted by Crippen LogP contribution is 2.29. The molecule has 3 unspecified atom stereocenters. The van der Waals surface area contributed by atoms with E-state index in [0.29, 0.717) is 17.4 Å². The molecule has 1 heterocycles. The third kappa shape index (κ3) is 4.15. The molecule has 2 aromatic rings. The predicted octanol–water partition coefficient (Wildman–Crippen LogP) is 1.92. The van der Waals surface area contributed by atoms with Gasteiger partial charge in [-0.2, -0.15) is 0 Å². The zero-order valence-corrected chi connectivity index (χ0v) is 14.6. The molecule has 1 fully saturated rings. The van der Waals surface area contributed by atoms with Crippen LogP contribution in [0.25, 0.3) is 11.0 Å². The van der Waals surface area contributed by atoms with Crippen molar-refractivity contribution in [3.63, 3.8) is 0 Å². The van der Waals surface area contributed by atoms with Crippen molar-refractivity contribution >= 4 is 22.9 Å². The zero-order chi connectivity index (χ0) is 17.8. The van der Waals surface area contributed by atoms with Gasteiger partial charge in [-0.15, -0.1) is 5.10 Å². The summed E-state index contributed by atoms with van der Waals surface area (Å²) in [6.07, 6.45) is 3.31. The van der Waals surface area contributed by atoms with Gasteiger partial charge < -0.3 is 10.1 Å². The van der Waals surface area contributed by atoms with E-state index < -0.39 is 5.97 Å². The molecule has 0 radical (unpaired) electrons. The van der Waals surface area contributed by atoms with Crippen LogP contribution < -0.4 is 5.32 Å². The van der Waals surface area contributed by atoms with Crippen LogP contribution in [0.5, 0.6) is 0 Å². The molecule has 1 saturated carbocycles. The molecule has 3 rings (SSSR count). The van der Waals surface area contributed by atoms with Crippen molar-refractivity contribution in [1.82, 2.24) is 20.3 Å². The maximum Gasteiger partial charge on any atom is 0.328 e. The Morgan fingerprint density at radius 2 is 2.08 bits per heavy atom. The lowest BCUT2D eigenvalue weighted by Gasteiger charge is -2.34. The summed E-state index contributed by atoms with van der Waals surface area (Å²) in [4.78, 5) is 24.0. The molecule has 134 valence electrons. The molecule has 1 N–H and O–H groups in total. The summed E-state index contributed by atoms with van der Waals surface area (Å²) in [5, 5.41) is 10.9. The van der Waals surface area contributed by atoms with Crippen molar-refractivity contribution < 1.29 is 14.3 Å². The lowest BCUT2D eigenvalue weighted by Crippen LogP contribution is -2.45. The lowest BCUT2D eigenvalue weighted by molar-refractivity contribution is -0.149. The molecule has 1 aromatic heterocycles. The monoisotopic (exact) mass is 344 g/mol. The van der Waals surface area contributed by atoms with Crippen LogP contribution in [0.2, 0.25) is 0 Å². The fourth-order valence-corrected chi connectivity index (χ4v) is 3.38. The van der Waals surface area contributed by atoms with Crippen molar-refractivity contribution in [3.05, 3.63) is 24.3 Å². The highest BCUT2D eigenvalue weighted by Gasteiger charge is 2.28. The van der Waals surface area contributed by atoms with Crippen molar-refractivity contribution in [2.45, 2.75) is 45.7 Å². The van der Waals surface area contributed by atoms with Crippen molar-refractivity contribution in [1.29, 1.82) is 0 Å². The first-order chi connectivity index (χ1) is 12.0. The standard InChI is InChI=1S/C18H24N4O3/c1-12-6-5-8-14(13(12)2)19-17(23)11-25-18(24)10-22-16-9-4-3-7-15(16)20-21-22/h3-4,7,9,12-14H,5-6,8,10-11H2,1-2H3,(H,19,23).